The van der Waals surface area contributed by atoms with Gasteiger partial charge in [-0.25, -0.2) is 0 Å². The number of nitrogens with one attached hydrogen (secondary N) is 1. The predicted molar refractivity (Wildman–Crippen MR) is 91.1 cm³/mol. The first-order chi connectivity index (χ1) is 11.0. The summed E-state index contributed by atoms with van der Waals surface area (Å²) in [6, 6.07) is 9.62. The van der Waals surface area contributed by atoms with Crippen molar-refractivity contribution < 1.29 is 14.3 Å². The van der Waals surface area contributed by atoms with Crippen LogP contribution in [0.4, 0.5) is 0 Å². The maximum absolute atomic E-state index is 12.7. The van der Waals surface area contributed by atoms with Gasteiger partial charge in [0.2, 0.25) is 0 Å². The second kappa shape index (κ2) is 7.93. The van der Waals surface area contributed by atoms with Gasteiger partial charge in [-0.05, 0) is 31.2 Å². The zero-order chi connectivity index (χ0) is 16.9. The molecule has 1 amide bonds. The van der Waals surface area contributed by atoms with Crippen molar-refractivity contribution in [2.45, 2.75) is 45.3 Å². The van der Waals surface area contributed by atoms with Crippen molar-refractivity contribution in [3.05, 3.63) is 35.9 Å². The van der Waals surface area contributed by atoms with E-state index in [4.69, 9.17) is 9.47 Å². The van der Waals surface area contributed by atoms with E-state index in [1.54, 1.807) is 7.11 Å². The number of amides is 1. The molecule has 23 heavy (non-hydrogen) atoms. The van der Waals surface area contributed by atoms with Gasteiger partial charge in [0.1, 0.15) is 0 Å². The van der Waals surface area contributed by atoms with Gasteiger partial charge in [0.15, 0.2) is 5.60 Å². The van der Waals surface area contributed by atoms with Gasteiger partial charge in [0.05, 0.1) is 6.10 Å². The molecule has 1 aliphatic rings. The lowest BCUT2D eigenvalue weighted by Crippen LogP contribution is -2.48. The molecule has 3 atom stereocenters. The second-order valence-electron chi connectivity index (χ2n) is 6.80. The van der Waals surface area contributed by atoms with Crippen molar-refractivity contribution >= 4 is 5.91 Å². The van der Waals surface area contributed by atoms with Crippen LogP contribution in [-0.4, -0.2) is 32.3 Å². The average Bonchev–Trinajstić information content (AvgIpc) is 2.59. The van der Waals surface area contributed by atoms with Gasteiger partial charge in [-0.3, -0.25) is 4.79 Å². The number of rotatable bonds is 6. The lowest BCUT2D eigenvalue weighted by Gasteiger charge is -2.35. The Balaban J connectivity index is 2.02. The van der Waals surface area contributed by atoms with E-state index in [0.717, 1.165) is 25.0 Å². The Bertz CT molecular complexity index is 503. The summed E-state index contributed by atoms with van der Waals surface area (Å²) >= 11 is 0. The molecule has 0 bridgehead atoms. The Kier molecular flexibility index (Phi) is 6.19. The van der Waals surface area contributed by atoms with Crippen LogP contribution in [-0.2, 0) is 19.9 Å². The Morgan fingerprint density at radius 3 is 2.70 bits per heavy atom. The van der Waals surface area contributed by atoms with Gasteiger partial charge in [-0.15, -0.1) is 0 Å². The molecule has 1 fully saturated rings. The van der Waals surface area contributed by atoms with Crippen molar-refractivity contribution in [3.63, 3.8) is 0 Å². The first kappa shape index (κ1) is 18.0. The SMILES string of the molecule is CO[C@](C)(C(=O)NC[C@@H]1CCCO[C@@H]1C(C)C)c1ccccc1. The van der Waals surface area contributed by atoms with Crippen molar-refractivity contribution in [2.24, 2.45) is 11.8 Å². The van der Waals surface area contributed by atoms with Crippen molar-refractivity contribution in [3.8, 4) is 0 Å². The topological polar surface area (TPSA) is 47.6 Å². The summed E-state index contributed by atoms with van der Waals surface area (Å²) in [5.74, 6) is 0.726. The fourth-order valence-corrected chi connectivity index (χ4v) is 3.31. The molecule has 1 heterocycles. The third-order valence-electron chi connectivity index (χ3n) is 4.84. The molecule has 0 saturated carbocycles. The van der Waals surface area contributed by atoms with Gasteiger partial charge in [0, 0.05) is 26.2 Å². The van der Waals surface area contributed by atoms with E-state index < -0.39 is 5.60 Å². The molecule has 1 aromatic carbocycles. The van der Waals surface area contributed by atoms with Crippen LogP contribution in [0.3, 0.4) is 0 Å². The molecule has 0 aliphatic carbocycles. The van der Waals surface area contributed by atoms with Crippen LogP contribution in [0.15, 0.2) is 30.3 Å². The van der Waals surface area contributed by atoms with Crippen LogP contribution in [0.5, 0.6) is 0 Å². The molecule has 0 radical (unpaired) electrons. The molecule has 4 nitrogen and oxygen atoms in total. The monoisotopic (exact) mass is 319 g/mol. The Morgan fingerprint density at radius 1 is 1.39 bits per heavy atom. The average molecular weight is 319 g/mol. The van der Waals surface area contributed by atoms with Crippen LogP contribution in [0.2, 0.25) is 0 Å². The van der Waals surface area contributed by atoms with Crippen LogP contribution >= 0.6 is 0 Å². The molecule has 1 saturated heterocycles. The Morgan fingerprint density at radius 2 is 2.09 bits per heavy atom. The molecule has 2 rings (SSSR count). The maximum atomic E-state index is 12.7. The summed E-state index contributed by atoms with van der Waals surface area (Å²) in [6.07, 6.45) is 2.37. The van der Waals surface area contributed by atoms with Gasteiger partial charge in [0.25, 0.3) is 5.91 Å². The van der Waals surface area contributed by atoms with E-state index >= 15 is 0 Å². The first-order valence-electron chi connectivity index (χ1n) is 8.49. The van der Waals surface area contributed by atoms with Crippen molar-refractivity contribution in [1.82, 2.24) is 5.32 Å². The molecule has 1 aliphatic heterocycles. The summed E-state index contributed by atoms with van der Waals surface area (Å²) in [7, 11) is 1.58. The summed E-state index contributed by atoms with van der Waals surface area (Å²) < 4.78 is 11.5. The maximum Gasteiger partial charge on any atom is 0.256 e. The zero-order valence-corrected chi connectivity index (χ0v) is 14.7. The van der Waals surface area contributed by atoms with Crippen LogP contribution in [0.25, 0.3) is 0 Å². The predicted octanol–water partition coefficient (Wildman–Crippen LogP) is 3.12. The highest BCUT2D eigenvalue weighted by Crippen LogP contribution is 2.27. The highest BCUT2D eigenvalue weighted by Gasteiger charge is 2.36. The third kappa shape index (κ3) is 4.12. The number of hydrogen-bond donors (Lipinski definition) is 1. The smallest absolute Gasteiger partial charge is 0.256 e. The minimum atomic E-state index is -0.968. The van der Waals surface area contributed by atoms with Crippen LogP contribution in [0.1, 0.15) is 39.2 Å². The molecule has 4 heteroatoms. The summed E-state index contributed by atoms with van der Waals surface area (Å²) in [5, 5.41) is 3.08. The van der Waals surface area contributed by atoms with E-state index in [9.17, 15) is 4.79 Å². The zero-order valence-electron chi connectivity index (χ0n) is 14.7. The number of methoxy groups -OCH3 is 1. The number of carbonyl (C=O) groups is 1. The Hall–Kier alpha value is -1.39. The number of hydrogen-bond acceptors (Lipinski definition) is 3. The lowest BCUT2D eigenvalue weighted by molar-refractivity contribution is -0.143. The lowest BCUT2D eigenvalue weighted by atomic mass is 9.87. The quantitative estimate of drug-likeness (QED) is 0.876. The molecule has 0 spiro atoms. The van der Waals surface area contributed by atoms with E-state index in [-0.39, 0.29) is 12.0 Å². The normalized spacial score (nSPS) is 24.2. The van der Waals surface area contributed by atoms with E-state index in [2.05, 4.69) is 19.2 Å². The molecular weight excluding hydrogens is 290 g/mol. The molecule has 128 valence electrons. The van der Waals surface area contributed by atoms with Gasteiger partial charge >= 0.3 is 0 Å². The molecule has 0 unspecified atom stereocenters. The third-order valence-corrected chi connectivity index (χ3v) is 4.84. The molecule has 1 N–H and O–H groups in total. The number of benzene rings is 1. The van der Waals surface area contributed by atoms with Crippen LogP contribution < -0.4 is 5.32 Å². The molecule has 0 aromatic heterocycles. The van der Waals surface area contributed by atoms with Gasteiger partial charge in [-0.2, -0.15) is 0 Å². The highest BCUT2D eigenvalue weighted by atomic mass is 16.5. The summed E-state index contributed by atoms with van der Waals surface area (Å²) in [5.41, 5.74) is -0.107. The largest absolute Gasteiger partial charge is 0.378 e. The number of ether oxygens (including phenoxy) is 2. The second-order valence-corrected chi connectivity index (χ2v) is 6.80. The minimum absolute atomic E-state index is 0.0979. The van der Waals surface area contributed by atoms with Crippen molar-refractivity contribution in [1.29, 1.82) is 0 Å². The van der Waals surface area contributed by atoms with Gasteiger partial charge < -0.3 is 14.8 Å². The van der Waals surface area contributed by atoms with Crippen molar-refractivity contribution in [2.75, 3.05) is 20.3 Å². The summed E-state index contributed by atoms with van der Waals surface area (Å²) in [4.78, 5) is 12.7. The highest BCUT2D eigenvalue weighted by molar-refractivity contribution is 5.86. The fourth-order valence-electron chi connectivity index (χ4n) is 3.31. The standard InChI is InChI=1S/C19H29NO3/c1-14(2)17-15(9-8-12-23-17)13-20-18(21)19(3,22-4)16-10-6-5-7-11-16/h5-7,10-11,14-15,17H,8-9,12-13H2,1-4H3,(H,20,21)/t15-,17+,19-/m0/s1. The van der Waals surface area contributed by atoms with Crippen LogP contribution in [0, 0.1) is 11.8 Å². The summed E-state index contributed by atoms with van der Waals surface area (Å²) in [6.45, 7) is 7.62. The fraction of sp³-hybridized carbons (Fsp3) is 0.632. The minimum Gasteiger partial charge on any atom is -0.378 e. The van der Waals surface area contributed by atoms with Gasteiger partial charge in [-0.1, -0.05) is 44.2 Å². The van der Waals surface area contributed by atoms with E-state index in [0.29, 0.717) is 18.4 Å². The molecule has 1 aromatic rings. The first-order valence-corrected chi connectivity index (χ1v) is 8.49. The Labute approximate surface area is 139 Å². The number of carbonyl (C=O) groups excluding carboxylic acids is 1. The van der Waals surface area contributed by atoms with E-state index in [1.165, 1.54) is 0 Å². The van der Waals surface area contributed by atoms with E-state index in [1.807, 2.05) is 37.3 Å². The molecular formula is C19H29NO3.